The van der Waals surface area contributed by atoms with Gasteiger partial charge in [0.1, 0.15) is 6.04 Å². The second-order valence-electron chi connectivity index (χ2n) is 3.99. The molecule has 0 aromatic carbocycles. The predicted molar refractivity (Wildman–Crippen MR) is 60.9 cm³/mol. The summed E-state index contributed by atoms with van der Waals surface area (Å²) in [5.41, 5.74) is 0. The van der Waals surface area contributed by atoms with Crippen LogP contribution >= 0.6 is 23.5 Å². The molecule has 2 aliphatic rings. The number of aliphatic carboxylic acids is 1. The third kappa shape index (κ3) is 2.04. The first-order chi connectivity index (χ1) is 6.61. The van der Waals surface area contributed by atoms with Crippen molar-refractivity contribution in [2.45, 2.75) is 35.9 Å². The number of carbonyl (C=O) groups is 1. The van der Waals surface area contributed by atoms with Crippen LogP contribution < -0.4 is 5.32 Å². The second-order valence-corrected chi connectivity index (χ2v) is 6.90. The van der Waals surface area contributed by atoms with Crippen LogP contribution in [0.1, 0.15) is 19.8 Å². The third-order valence-electron chi connectivity index (χ3n) is 2.74. The molecule has 14 heavy (non-hydrogen) atoms. The Balaban J connectivity index is 2.03. The molecule has 80 valence electrons. The van der Waals surface area contributed by atoms with Gasteiger partial charge in [0.2, 0.25) is 0 Å². The molecule has 2 saturated heterocycles. The Morgan fingerprint density at radius 1 is 1.64 bits per heavy atom. The lowest BCUT2D eigenvalue weighted by Gasteiger charge is -2.37. The first-order valence-corrected chi connectivity index (χ1v) is 6.91. The van der Waals surface area contributed by atoms with Crippen LogP contribution in [-0.2, 0) is 4.79 Å². The van der Waals surface area contributed by atoms with E-state index < -0.39 is 5.97 Å². The number of thioether (sulfide) groups is 2. The van der Waals surface area contributed by atoms with E-state index in [1.165, 1.54) is 0 Å². The van der Waals surface area contributed by atoms with Crippen molar-refractivity contribution in [3.8, 4) is 0 Å². The van der Waals surface area contributed by atoms with Gasteiger partial charge in [-0.1, -0.05) is 6.92 Å². The van der Waals surface area contributed by atoms with Crippen molar-refractivity contribution >= 4 is 29.5 Å². The van der Waals surface area contributed by atoms with Crippen LogP contribution in [0.15, 0.2) is 0 Å². The number of hydrogen-bond acceptors (Lipinski definition) is 4. The normalized spacial score (nSPS) is 42.9. The Hall–Kier alpha value is 0.130. The summed E-state index contributed by atoms with van der Waals surface area (Å²) in [7, 11) is 0. The molecule has 0 amide bonds. The van der Waals surface area contributed by atoms with Crippen LogP contribution in [0.2, 0.25) is 0 Å². The summed E-state index contributed by atoms with van der Waals surface area (Å²) in [5, 5.41) is 12.9. The number of carboxylic acid groups (broad SMARTS) is 1. The standard InChI is InChI=1S/C9H15NO2S2/c1-6-4-9(5-13-6)10-7(8(11)12)2-3-14-9/h6-7,10H,2-5H2,1H3,(H,11,12). The highest BCUT2D eigenvalue weighted by Gasteiger charge is 2.43. The van der Waals surface area contributed by atoms with Gasteiger partial charge in [-0.3, -0.25) is 10.1 Å². The maximum atomic E-state index is 10.9. The van der Waals surface area contributed by atoms with E-state index >= 15 is 0 Å². The highest BCUT2D eigenvalue weighted by molar-refractivity contribution is 8.05. The van der Waals surface area contributed by atoms with Gasteiger partial charge in [-0.05, 0) is 18.6 Å². The molecule has 3 unspecified atom stereocenters. The van der Waals surface area contributed by atoms with Crippen LogP contribution in [0.25, 0.3) is 0 Å². The van der Waals surface area contributed by atoms with Gasteiger partial charge < -0.3 is 5.11 Å². The molecule has 0 aromatic rings. The largest absolute Gasteiger partial charge is 0.480 e. The fourth-order valence-electron chi connectivity index (χ4n) is 2.05. The number of rotatable bonds is 1. The highest BCUT2D eigenvalue weighted by Crippen LogP contribution is 2.44. The summed E-state index contributed by atoms with van der Waals surface area (Å²) in [4.78, 5) is 10.9. The Kier molecular flexibility index (Phi) is 3.00. The maximum absolute atomic E-state index is 10.9. The second kappa shape index (κ2) is 3.94. The topological polar surface area (TPSA) is 49.3 Å². The Morgan fingerprint density at radius 2 is 2.43 bits per heavy atom. The van der Waals surface area contributed by atoms with Crippen LogP contribution in [-0.4, -0.2) is 38.7 Å². The first kappa shape index (κ1) is 10.6. The number of nitrogens with one attached hydrogen (secondary N) is 1. The van der Waals surface area contributed by atoms with Gasteiger partial charge in [-0.2, -0.15) is 11.8 Å². The van der Waals surface area contributed by atoms with Crippen LogP contribution in [0.4, 0.5) is 0 Å². The minimum atomic E-state index is -0.700. The molecular formula is C9H15NO2S2. The summed E-state index contributed by atoms with van der Waals surface area (Å²) in [5.74, 6) is 1.31. The molecule has 5 heteroatoms. The number of hydrogen-bond donors (Lipinski definition) is 2. The van der Waals surface area contributed by atoms with E-state index in [9.17, 15) is 4.79 Å². The van der Waals surface area contributed by atoms with Crippen molar-refractivity contribution in [3.63, 3.8) is 0 Å². The summed E-state index contributed by atoms with van der Waals surface area (Å²) < 4.78 is 0. The molecule has 2 fully saturated rings. The van der Waals surface area contributed by atoms with E-state index in [0.717, 1.165) is 24.3 Å². The van der Waals surface area contributed by atoms with Gasteiger partial charge >= 0.3 is 5.97 Å². The van der Waals surface area contributed by atoms with Crippen LogP contribution in [0.5, 0.6) is 0 Å². The van der Waals surface area contributed by atoms with Crippen molar-refractivity contribution in [2.75, 3.05) is 11.5 Å². The molecular weight excluding hydrogens is 218 g/mol. The van der Waals surface area contributed by atoms with Gasteiger partial charge in [-0.15, -0.1) is 11.8 Å². The monoisotopic (exact) mass is 233 g/mol. The molecule has 0 aromatic heterocycles. The third-order valence-corrected chi connectivity index (χ3v) is 5.74. The zero-order chi connectivity index (χ0) is 10.2. The van der Waals surface area contributed by atoms with Crippen molar-refractivity contribution in [2.24, 2.45) is 0 Å². The summed E-state index contributed by atoms with van der Waals surface area (Å²) >= 11 is 3.84. The smallest absolute Gasteiger partial charge is 0.320 e. The van der Waals surface area contributed by atoms with E-state index in [1.807, 2.05) is 23.5 Å². The average molecular weight is 233 g/mol. The Labute approximate surface area is 92.4 Å². The van der Waals surface area contributed by atoms with Gasteiger partial charge in [0.05, 0.1) is 4.87 Å². The van der Waals surface area contributed by atoms with Crippen molar-refractivity contribution in [3.05, 3.63) is 0 Å². The maximum Gasteiger partial charge on any atom is 0.320 e. The predicted octanol–water partition coefficient (Wildman–Crippen LogP) is 1.39. The van der Waals surface area contributed by atoms with E-state index in [2.05, 4.69) is 12.2 Å². The van der Waals surface area contributed by atoms with Gasteiger partial charge in [0, 0.05) is 11.0 Å². The summed E-state index contributed by atoms with van der Waals surface area (Å²) in [6.07, 6.45) is 1.84. The van der Waals surface area contributed by atoms with E-state index in [1.54, 1.807) is 0 Å². The molecule has 3 nitrogen and oxygen atoms in total. The van der Waals surface area contributed by atoms with Crippen molar-refractivity contribution in [1.82, 2.24) is 5.32 Å². The molecule has 0 aliphatic carbocycles. The molecule has 0 radical (unpaired) electrons. The highest BCUT2D eigenvalue weighted by atomic mass is 32.2. The van der Waals surface area contributed by atoms with Gasteiger partial charge in [-0.25, -0.2) is 0 Å². The lowest BCUT2D eigenvalue weighted by atomic mass is 10.1. The average Bonchev–Trinajstić information content (AvgIpc) is 2.47. The lowest BCUT2D eigenvalue weighted by molar-refractivity contribution is -0.139. The van der Waals surface area contributed by atoms with Gasteiger partial charge in [0.25, 0.3) is 0 Å². The summed E-state index contributed by atoms with van der Waals surface area (Å²) in [6.45, 7) is 2.21. The Bertz CT molecular complexity index is 245. The van der Waals surface area contributed by atoms with E-state index in [0.29, 0.717) is 5.25 Å². The quantitative estimate of drug-likeness (QED) is 0.717. The molecule has 2 aliphatic heterocycles. The first-order valence-electron chi connectivity index (χ1n) is 4.87. The lowest BCUT2D eigenvalue weighted by Crippen LogP contribution is -2.55. The zero-order valence-electron chi connectivity index (χ0n) is 8.16. The molecule has 2 N–H and O–H groups in total. The SMILES string of the molecule is CC1CC2(CS1)NC(C(=O)O)CCS2. The van der Waals surface area contributed by atoms with Crippen LogP contribution in [0, 0.1) is 0 Å². The fraction of sp³-hybridized carbons (Fsp3) is 0.889. The molecule has 2 heterocycles. The molecule has 2 rings (SSSR count). The minimum Gasteiger partial charge on any atom is -0.480 e. The molecule has 0 saturated carbocycles. The van der Waals surface area contributed by atoms with Crippen LogP contribution in [0.3, 0.4) is 0 Å². The van der Waals surface area contributed by atoms with Crippen molar-refractivity contribution < 1.29 is 9.90 Å². The molecule has 1 spiro atoms. The van der Waals surface area contributed by atoms with Gasteiger partial charge in [0.15, 0.2) is 0 Å². The van der Waals surface area contributed by atoms with E-state index in [-0.39, 0.29) is 10.9 Å². The molecule has 3 atom stereocenters. The Morgan fingerprint density at radius 3 is 3.00 bits per heavy atom. The van der Waals surface area contributed by atoms with E-state index in [4.69, 9.17) is 5.11 Å². The zero-order valence-corrected chi connectivity index (χ0v) is 9.79. The molecule has 0 bridgehead atoms. The van der Waals surface area contributed by atoms with Crippen molar-refractivity contribution in [1.29, 1.82) is 0 Å². The number of carboxylic acids is 1. The fourth-order valence-corrected chi connectivity index (χ4v) is 5.19. The minimum absolute atomic E-state index is 0.0470. The summed E-state index contributed by atoms with van der Waals surface area (Å²) in [6, 6.07) is -0.331.